The molecule has 1 aromatic carbocycles. The van der Waals surface area contributed by atoms with Gasteiger partial charge in [-0.3, -0.25) is 19.4 Å². The van der Waals surface area contributed by atoms with Crippen LogP contribution in [0.1, 0.15) is 24.0 Å². The summed E-state index contributed by atoms with van der Waals surface area (Å²) < 4.78 is 10.5. The highest BCUT2D eigenvalue weighted by Gasteiger charge is 2.08. The Morgan fingerprint density at radius 1 is 1.03 bits per heavy atom. The first-order valence-corrected chi connectivity index (χ1v) is 9.74. The number of benzene rings is 1. The average Bonchev–Trinajstić information content (AvgIpc) is 2.80. The average molecular weight is 444 g/mol. The number of rotatable bonds is 10. The number of methoxy groups -OCH3 is 2. The van der Waals surface area contributed by atoms with Gasteiger partial charge in [0.2, 0.25) is 5.91 Å². The van der Waals surface area contributed by atoms with Crippen LogP contribution < -0.4 is 9.47 Å². The van der Waals surface area contributed by atoms with Crippen LogP contribution in [0.4, 0.5) is 0 Å². The first-order chi connectivity index (χ1) is 15.3. The third-order valence-electron chi connectivity index (χ3n) is 4.22. The summed E-state index contributed by atoms with van der Waals surface area (Å²) >= 11 is 0. The van der Waals surface area contributed by atoms with Gasteiger partial charge in [0.1, 0.15) is 0 Å². The van der Waals surface area contributed by atoms with Crippen LogP contribution in [0.5, 0.6) is 11.5 Å². The van der Waals surface area contributed by atoms with Crippen LogP contribution in [-0.2, 0) is 20.8 Å². The summed E-state index contributed by atoms with van der Waals surface area (Å²) in [6, 6.07) is 9.53. The van der Waals surface area contributed by atoms with E-state index in [4.69, 9.17) is 19.7 Å². The number of amides is 1. The summed E-state index contributed by atoms with van der Waals surface area (Å²) in [6.07, 6.45) is 6.89. The molecule has 1 heterocycles. The van der Waals surface area contributed by atoms with Gasteiger partial charge in [-0.1, -0.05) is 12.1 Å². The van der Waals surface area contributed by atoms with Gasteiger partial charge in [-0.05, 0) is 41.8 Å². The fourth-order valence-electron chi connectivity index (χ4n) is 2.43. The van der Waals surface area contributed by atoms with Gasteiger partial charge in [-0.25, -0.2) is 0 Å². The predicted octanol–water partition coefficient (Wildman–Crippen LogP) is 2.75. The smallest absolute Gasteiger partial charge is 0.303 e. The van der Waals surface area contributed by atoms with Gasteiger partial charge in [-0.15, -0.1) is 0 Å². The number of carbonyl (C=O) groups is 3. The molecule has 0 saturated heterocycles. The maximum Gasteiger partial charge on any atom is 0.303 e. The number of ether oxygens (including phenoxy) is 2. The van der Waals surface area contributed by atoms with Gasteiger partial charge < -0.3 is 24.6 Å². The third-order valence-corrected chi connectivity index (χ3v) is 4.22. The van der Waals surface area contributed by atoms with Crippen LogP contribution in [-0.4, -0.2) is 65.8 Å². The SMILES string of the molecule is COc1ccc(CCN(C)C(=O)/C=C/c2cccnc2)cc1OC.O=C(O)CCC(=O)O. The van der Waals surface area contributed by atoms with E-state index >= 15 is 0 Å². The number of carbonyl (C=O) groups excluding carboxylic acids is 1. The number of aliphatic carboxylic acids is 2. The van der Waals surface area contributed by atoms with Crippen LogP contribution in [0.25, 0.3) is 6.08 Å². The minimum absolute atomic E-state index is 0.0423. The Labute approximate surface area is 186 Å². The third kappa shape index (κ3) is 10.2. The number of hydrogen-bond donors (Lipinski definition) is 2. The second-order valence-corrected chi connectivity index (χ2v) is 6.61. The zero-order valence-electron chi connectivity index (χ0n) is 18.4. The van der Waals surface area contributed by atoms with Gasteiger partial charge in [0.05, 0.1) is 27.1 Å². The largest absolute Gasteiger partial charge is 0.493 e. The van der Waals surface area contributed by atoms with E-state index in [0.717, 1.165) is 17.5 Å². The number of likely N-dealkylation sites (N-methyl/N-ethyl adjacent to an activating group) is 1. The molecule has 2 rings (SSSR count). The van der Waals surface area contributed by atoms with Crippen LogP contribution in [0.15, 0.2) is 48.8 Å². The summed E-state index contributed by atoms with van der Waals surface area (Å²) in [5.74, 6) is -0.801. The van der Waals surface area contributed by atoms with Gasteiger partial charge in [0, 0.05) is 32.1 Å². The first-order valence-electron chi connectivity index (χ1n) is 9.74. The second-order valence-electron chi connectivity index (χ2n) is 6.61. The van der Waals surface area contributed by atoms with Crippen LogP contribution in [0.3, 0.4) is 0 Å². The number of nitrogens with zero attached hydrogens (tertiary/aromatic N) is 2. The van der Waals surface area contributed by atoms with E-state index in [0.29, 0.717) is 18.0 Å². The Morgan fingerprint density at radius 2 is 1.69 bits per heavy atom. The van der Waals surface area contributed by atoms with Crippen molar-refractivity contribution < 1.29 is 34.1 Å². The fraction of sp³-hybridized carbons (Fsp3) is 0.304. The molecule has 0 unspecified atom stereocenters. The van der Waals surface area contributed by atoms with Crippen molar-refractivity contribution in [2.45, 2.75) is 19.3 Å². The highest BCUT2D eigenvalue weighted by molar-refractivity contribution is 5.91. The molecule has 1 amide bonds. The van der Waals surface area contributed by atoms with E-state index in [1.807, 2.05) is 30.3 Å². The van der Waals surface area contributed by atoms with Crippen molar-refractivity contribution in [3.8, 4) is 11.5 Å². The van der Waals surface area contributed by atoms with Crippen molar-refractivity contribution >= 4 is 23.9 Å². The lowest BCUT2D eigenvalue weighted by Gasteiger charge is -2.16. The van der Waals surface area contributed by atoms with Gasteiger partial charge >= 0.3 is 11.9 Å². The Balaban J connectivity index is 0.000000547. The maximum atomic E-state index is 12.1. The van der Waals surface area contributed by atoms with E-state index in [-0.39, 0.29) is 18.7 Å². The first kappa shape index (κ1) is 26.2. The lowest BCUT2D eigenvalue weighted by atomic mass is 10.1. The lowest BCUT2D eigenvalue weighted by molar-refractivity contribution is -0.143. The fourth-order valence-corrected chi connectivity index (χ4v) is 2.43. The van der Waals surface area contributed by atoms with Crippen molar-refractivity contribution in [1.82, 2.24) is 9.88 Å². The number of carboxylic acids is 2. The molecule has 0 aliphatic rings. The number of aromatic nitrogens is 1. The molecule has 0 aliphatic carbocycles. The summed E-state index contributed by atoms with van der Waals surface area (Å²) in [5.41, 5.74) is 1.99. The molecule has 0 aliphatic heterocycles. The molecule has 0 atom stereocenters. The molecule has 9 heteroatoms. The predicted molar refractivity (Wildman–Crippen MR) is 119 cm³/mol. The highest BCUT2D eigenvalue weighted by Crippen LogP contribution is 2.27. The summed E-state index contributed by atoms with van der Waals surface area (Å²) in [5, 5.41) is 15.8. The zero-order valence-corrected chi connectivity index (χ0v) is 18.4. The molecule has 2 aromatic rings. The van der Waals surface area contributed by atoms with Crippen molar-refractivity contribution in [3.05, 3.63) is 59.9 Å². The second kappa shape index (κ2) is 14.2. The Morgan fingerprint density at radius 3 is 2.22 bits per heavy atom. The van der Waals surface area contributed by atoms with Crippen LogP contribution in [0.2, 0.25) is 0 Å². The molecule has 9 nitrogen and oxygen atoms in total. The van der Waals surface area contributed by atoms with Gasteiger partial charge in [0.25, 0.3) is 0 Å². The molecule has 172 valence electrons. The quantitative estimate of drug-likeness (QED) is 0.536. The highest BCUT2D eigenvalue weighted by atomic mass is 16.5. The van der Waals surface area contributed by atoms with Gasteiger partial charge in [-0.2, -0.15) is 0 Å². The van der Waals surface area contributed by atoms with Gasteiger partial charge in [0.15, 0.2) is 11.5 Å². The Hall–Kier alpha value is -3.88. The topological polar surface area (TPSA) is 126 Å². The van der Waals surface area contributed by atoms with Crippen LogP contribution in [0, 0.1) is 0 Å². The molecular formula is C23H28N2O7. The zero-order chi connectivity index (χ0) is 23.9. The Bertz CT molecular complexity index is 900. The molecule has 0 radical (unpaired) electrons. The van der Waals surface area contributed by atoms with E-state index in [1.165, 1.54) is 0 Å². The molecule has 0 fully saturated rings. The minimum atomic E-state index is -1.08. The van der Waals surface area contributed by atoms with Crippen molar-refractivity contribution in [2.24, 2.45) is 0 Å². The van der Waals surface area contributed by atoms with E-state index in [2.05, 4.69) is 4.98 Å². The molecule has 0 saturated carbocycles. The standard InChI is InChI=1S/C19H22N2O3.C4H6O4/c1-21(19(22)9-7-16-5-4-11-20-14-16)12-10-15-6-8-17(23-2)18(13-15)24-3;5-3(6)1-2-4(7)8/h4-9,11,13-14H,10,12H2,1-3H3;1-2H2,(H,5,6)(H,7,8)/b9-7+;. The maximum absolute atomic E-state index is 12.1. The molecule has 1 aromatic heterocycles. The molecule has 0 bridgehead atoms. The molecule has 0 spiro atoms. The molecule has 32 heavy (non-hydrogen) atoms. The van der Waals surface area contributed by atoms with E-state index in [1.54, 1.807) is 50.7 Å². The monoisotopic (exact) mass is 444 g/mol. The summed E-state index contributed by atoms with van der Waals surface area (Å²) in [6.45, 7) is 0.617. The number of pyridine rings is 1. The number of hydrogen-bond acceptors (Lipinski definition) is 6. The van der Waals surface area contributed by atoms with E-state index in [9.17, 15) is 14.4 Å². The van der Waals surface area contributed by atoms with E-state index < -0.39 is 11.9 Å². The summed E-state index contributed by atoms with van der Waals surface area (Å²) in [4.78, 5) is 37.1. The van der Waals surface area contributed by atoms with Crippen molar-refractivity contribution in [1.29, 1.82) is 0 Å². The molecule has 2 N–H and O–H groups in total. The Kier molecular flexibility index (Phi) is 11.6. The van der Waals surface area contributed by atoms with Crippen molar-refractivity contribution in [3.63, 3.8) is 0 Å². The lowest BCUT2D eigenvalue weighted by Crippen LogP contribution is -2.27. The van der Waals surface area contributed by atoms with Crippen molar-refractivity contribution in [2.75, 3.05) is 27.8 Å². The minimum Gasteiger partial charge on any atom is -0.493 e. The molecular weight excluding hydrogens is 416 g/mol. The van der Waals surface area contributed by atoms with Crippen LogP contribution >= 0.6 is 0 Å². The summed E-state index contributed by atoms with van der Waals surface area (Å²) in [7, 11) is 5.01. The number of carboxylic acid groups (broad SMARTS) is 2. The normalized spacial score (nSPS) is 10.1.